The summed E-state index contributed by atoms with van der Waals surface area (Å²) >= 11 is 0. The van der Waals surface area contributed by atoms with Crippen molar-refractivity contribution in [2.45, 2.75) is 128 Å². The van der Waals surface area contributed by atoms with Crippen LogP contribution in [0.1, 0.15) is 84.2 Å². The lowest BCUT2D eigenvalue weighted by molar-refractivity contribution is -0.174. The Kier molecular flexibility index (Phi) is 7.28. The number of imide groups is 1. The predicted molar refractivity (Wildman–Crippen MR) is 153 cm³/mol. The molecule has 1 saturated heterocycles. The van der Waals surface area contributed by atoms with Crippen LogP contribution < -0.4 is 9.47 Å². The van der Waals surface area contributed by atoms with Crippen molar-refractivity contribution in [3.05, 3.63) is 23.3 Å². The van der Waals surface area contributed by atoms with Gasteiger partial charge in [0.25, 0.3) is 5.91 Å². The first-order valence-corrected chi connectivity index (χ1v) is 17.3. The van der Waals surface area contributed by atoms with Gasteiger partial charge in [0.2, 0.25) is 6.79 Å². The Morgan fingerprint density at radius 3 is 2.14 bits per heavy atom. The van der Waals surface area contributed by atoms with Gasteiger partial charge in [-0.2, -0.15) is 0 Å². The van der Waals surface area contributed by atoms with Crippen LogP contribution in [0.4, 0.5) is 4.79 Å². The van der Waals surface area contributed by atoms with Gasteiger partial charge in [-0.05, 0) is 70.4 Å². The summed E-state index contributed by atoms with van der Waals surface area (Å²) < 4.78 is 43.1. The van der Waals surface area contributed by atoms with Gasteiger partial charge in [-0.25, -0.2) is 9.69 Å². The Morgan fingerprint density at radius 1 is 0.976 bits per heavy atom. The van der Waals surface area contributed by atoms with Crippen LogP contribution in [-0.2, 0) is 28.2 Å². The molecule has 5 rings (SSSR count). The van der Waals surface area contributed by atoms with Crippen molar-refractivity contribution in [2.75, 3.05) is 6.79 Å². The maximum Gasteiger partial charge on any atom is 0.417 e. The second-order valence-corrected chi connectivity index (χ2v) is 19.2. The van der Waals surface area contributed by atoms with Crippen LogP contribution in [0.2, 0.25) is 18.1 Å². The molecule has 0 bridgehead atoms. The predicted octanol–water partition coefficient (Wildman–Crippen LogP) is 5.11. The SMILES string of the molecule is CC(=O)O[C@H]1[C@H](O[Si](C)(C)C(C)(C)C)[C@H]2OC(C)(C)O[C@H]2[C@H]2[C@@H]1c1cc3c(cc1C(=O)N2C(=O)OC(C)(C)C)OCO3. The van der Waals surface area contributed by atoms with Crippen molar-refractivity contribution in [2.24, 2.45) is 0 Å². The molecule has 11 nitrogen and oxygen atoms in total. The highest BCUT2D eigenvalue weighted by Crippen LogP contribution is 2.53. The first-order chi connectivity index (χ1) is 19.2. The molecule has 1 saturated carbocycles. The molecule has 6 atom stereocenters. The minimum Gasteiger partial charge on any atom is -0.459 e. The first kappa shape index (κ1) is 30.8. The molecular formula is C30H43NO10Si. The molecule has 1 aromatic rings. The number of ether oxygens (including phenoxy) is 6. The molecule has 0 radical (unpaired) electrons. The van der Waals surface area contributed by atoms with Crippen LogP contribution in [0.5, 0.6) is 11.5 Å². The number of amides is 2. The molecule has 0 N–H and O–H groups in total. The summed E-state index contributed by atoms with van der Waals surface area (Å²) in [4.78, 5) is 41.9. The second kappa shape index (κ2) is 9.93. The molecule has 0 spiro atoms. The Labute approximate surface area is 248 Å². The minimum atomic E-state index is -2.48. The van der Waals surface area contributed by atoms with E-state index in [-0.39, 0.29) is 17.4 Å². The molecule has 1 aromatic carbocycles. The number of fused-ring (bicyclic) bond motifs is 6. The van der Waals surface area contributed by atoms with Gasteiger partial charge in [0.1, 0.15) is 30.0 Å². The van der Waals surface area contributed by atoms with Crippen molar-refractivity contribution in [1.82, 2.24) is 4.90 Å². The van der Waals surface area contributed by atoms with E-state index in [1.165, 1.54) is 6.92 Å². The van der Waals surface area contributed by atoms with Crippen molar-refractivity contribution in [3.63, 3.8) is 0 Å². The zero-order valence-corrected chi connectivity index (χ0v) is 27.4. The van der Waals surface area contributed by atoms with Crippen molar-refractivity contribution >= 4 is 26.3 Å². The molecule has 3 heterocycles. The van der Waals surface area contributed by atoms with Gasteiger partial charge >= 0.3 is 12.1 Å². The summed E-state index contributed by atoms with van der Waals surface area (Å²) in [6, 6.07) is 2.38. The summed E-state index contributed by atoms with van der Waals surface area (Å²) in [6.07, 6.45) is -4.08. The summed E-state index contributed by atoms with van der Waals surface area (Å²) in [6.45, 7) is 20.7. The van der Waals surface area contributed by atoms with Gasteiger partial charge in [-0.15, -0.1) is 0 Å². The van der Waals surface area contributed by atoms with E-state index in [2.05, 4.69) is 33.9 Å². The van der Waals surface area contributed by atoms with E-state index in [0.717, 1.165) is 4.90 Å². The lowest BCUT2D eigenvalue weighted by atomic mass is 9.69. The molecule has 3 aliphatic heterocycles. The average molecular weight is 606 g/mol. The smallest absolute Gasteiger partial charge is 0.417 e. The van der Waals surface area contributed by atoms with E-state index in [1.807, 2.05) is 0 Å². The number of rotatable bonds is 3. The first-order valence-electron chi connectivity index (χ1n) is 14.4. The van der Waals surface area contributed by atoms with E-state index < -0.39 is 74.1 Å². The molecule has 232 valence electrons. The Bertz CT molecular complexity index is 1300. The number of carbonyl (C=O) groups is 3. The van der Waals surface area contributed by atoms with Crippen LogP contribution in [0, 0.1) is 0 Å². The number of hydrogen-bond acceptors (Lipinski definition) is 10. The number of nitrogens with zero attached hydrogens (tertiary/aromatic N) is 1. The van der Waals surface area contributed by atoms with Gasteiger partial charge in [0, 0.05) is 18.4 Å². The molecule has 2 amide bonds. The summed E-state index contributed by atoms with van der Waals surface area (Å²) in [7, 11) is -2.48. The van der Waals surface area contributed by atoms with Crippen molar-refractivity contribution in [3.8, 4) is 11.5 Å². The number of benzene rings is 1. The topological polar surface area (TPSA) is 119 Å². The monoisotopic (exact) mass is 605 g/mol. The number of hydrogen-bond donors (Lipinski definition) is 0. The van der Waals surface area contributed by atoms with E-state index in [1.54, 1.807) is 46.8 Å². The van der Waals surface area contributed by atoms with Gasteiger partial charge in [-0.1, -0.05) is 20.8 Å². The van der Waals surface area contributed by atoms with Crippen LogP contribution in [0.15, 0.2) is 12.1 Å². The van der Waals surface area contributed by atoms with Crippen LogP contribution in [0.3, 0.4) is 0 Å². The summed E-state index contributed by atoms with van der Waals surface area (Å²) in [5.41, 5.74) is -0.104. The Balaban J connectivity index is 1.75. The highest BCUT2D eigenvalue weighted by atomic mass is 28.4. The fourth-order valence-corrected chi connectivity index (χ4v) is 7.28. The lowest BCUT2D eigenvalue weighted by Gasteiger charge is -2.54. The highest BCUT2D eigenvalue weighted by molar-refractivity contribution is 6.74. The molecule has 4 aliphatic rings. The maximum absolute atomic E-state index is 14.2. The molecule has 0 unspecified atom stereocenters. The summed E-state index contributed by atoms with van der Waals surface area (Å²) in [5.74, 6) is -2.06. The van der Waals surface area contributed by atoms with Gasteiger partial charge in [0.15, 0.2) is 25.6 Å². The molecule has 12 heteroatoms. The zero-order valence-electron chi connectivity index (χ0n) is 26.4. The van der Waals surface area contributed by atoms with Gasteiger partial charge in [0.05, 0.1) is 6.04 Å². The third kappa shape index (κ3) is 5.31. The Morgan fingerprint density at radius 2 is 1.57 bits per heavy atom. The third-order valence-corrected chi connectivity index (χ3v) is 13.1. The van der Waals surface area contributed by atoms with E-state index >= 15 is 0 Å². The highest BCUT2D eigenvalue weighted by Gasteiger charge is 2.66. The van der Waals surface area contributed by atoms with E-state index in [4.69, 9.17) is 32.8 Å². The van der Waals surface area contributed by atoms with Crippen LogP contribution in [0.25, 0.3) is 0 Å². The second-order valence-electron chi connectivity index (χ2n) is 14.4. The normalized spacial score (nSPS) is 29.9. The maximum atomic E-state index is 14.2. The zero-order chi connectivity index (χ0) is 31.2. The molecule has 42 heavy (non-hydrogen) atoms. The van der Waals surface area contributed by atoms with Crippen LogP contribution in [-0.4, -0.2) is 79.8 Å². The molecule has 1 aliphatic carbocycles. The van der Waals surface area contributed by atoms with Crippen LogP contribution >= 0.6 is 0 Å². The Hall–Kier alpha value is -2.67. The van der Waals surface area contributed by atoms with E-state index in [9.17, 15) is 14.4 Å². The van der Waals surface area contributed by atoms with Crippen molar-refractivity contribution < 1.29 is 47.2 Å². The number of esters is 1. The standard InChI is InChI=1S/C30H43NO10Si/c1-15(32)37-22-20-16-12-18-19(36-14-35-18)13-17(16)26(33)31(27(34)40-28(2,3)4)21(20)23-24(39-30(8,9)38-23)25(22)41-42(10,11)29(5,6)7/h12-13,20-25H,14H2,1-11H3/t20-,21+,22+,23-,24-,25-/m0/s1. The molecular weight excluding hydrogens is 562 g/mol. The fourth-order valence-electron chi connectivity index (χ4n) is 5.98. The van der Waals surface area contributed by atoms with E-state index in [0.29, 0.717) is 17.1 Å². The largest absolute Gasteiger partial charge is 0.459 e. The van der Waals surface area contributed by atoms with Crippen molar-refractivity contribution in [1.29, 1.82) is 0 Å². The van der Waals surface area contributed by atoms with Gasteiger partial charge < -0.3 is 32.8 Å². The third-order valence-electron chi connectivity index (χ3n) is 8.65. The minimum absolute atomic E-state index is 0.00336. The quantitative estimate of drug-likeness (QED) is 0.339. The number of carbonyl (C=O) groups excluding carboxylic acids is 3. The lowest BCUT2D eigenvalue weighted by Crippen LogP contribution is -2.70. The average Bonchev–Trinajstić information content (AvgIpc) is 3.40. The fraction of sp³-hybridized carbons (Fsp3) is 0.700. The summed E-state index contributed by atoms with van der Waals surface area (Å²) in [5, 5.41) is -0.177. The molecule has 2 fully saturated rings. The molecule has 0 aromatic heterocycles. The van der Waals surface area contributed by atoms with Gasteiger partial charge in [-0.3, -0.25) is 9.59 Å².